The summed E-state index contributed by atoms with van der Waals surface area (Å²) in [6.07, 6.45) is 3.32. The molecule has 4 aromatic rings. The van der Waals surface area contributed by atoms with Gasteiger partial charge >= 0.3 is 0 Å². The molecule has 0 spiro atoms. The maximum absolute atomic E-state index is 10.1. The van der Waals surface area contributed by atoms with Gasteiger partial charge in [0, 0.05) is 21.7 Å². The van der Waals surface area contributed by atoms with E-state index < -0.39 is 0 Å². The molecule has 1 saturated heterocycles. The number of fused-ring (bicyclic) bond motifs is 1. The van der Waals surface area contributed by atoms with E-state index in [4.69, 9.17) is 14.6 Å². The molecule has 2 heterocycles. The van der Waals surface area contributed by atoms with E-state index in [1.165, 1.54) is 34.4 Å². The van der Waals surface area contributed by atoms with Crippen LogP contribution in [-0.4, -0.2) is 48.5 Å². The molecule has 1 aliphatic heterocycles. The summed E-state index contributed by atoms with van der Waals surface area (Å²) in [6.45, 7) is 3.52. The van der Waals surface area contributed by atoms with Crippen LogP contribution in [0.15, 0.2) is 60.7 Å². The number of thiophene rings is 1. The van der Waals surface area contributed by atoms with Crippen LogP contribution in [0.1, 0.15) is 29.5 Å². The second-order valence-corrected chi connectivity index (χ2v) is 10.0. The lowest BCUT2D eigenvalue weighted by atomic mass is 9.97. The quantitative estimate of drug-likeness (QED) is 0.309. The largest absolute Gasteiger partial charge is 0.508 e. The maximum Gasteiger partial charge on any atom is 0.123 e. The van der Waals surface area contributed by atoms with Crippen LogP contribution in [0.25, 0.3) is 20.5 Å². The first-order valence-corrected chi connectivity index (χ1v) is 12.9. The number of likely N-dealkylation sites (tertiary alicyclic amines) is 1. The molecule has 1 aromatic heterocycles. The van der Waals surface area contributed by atoms with Crippen molar-refractivity contribution in [2.75, 3.05) is 33.4 Å². The first-order chi connectivity index (χ1) is 17.1. The lowest BCUT2D eigenvalue weighted by Crippen LogP contribution is -2.18. The molecule has 3 aromatic carbocycles. The Morgan fingerprint density at radius 1 is 0.971 bits per heavy atom. The fraction of sp³-hybridized carbons (Fsp3) is 0.310. The Kier molecular flexibility index (Phi) is 7.23. The molecule has 0 aliphatic carbocycles. The monoisotopic (exact) mass is 489 g/mol. The van der Waals surface area contributed by atoms with Gasteiger partial charge in [0.05, 0.1) is 13.7 Å². The molecule has 5 rings (SSSR count). The Bertz CT molecular complexity index is 1290. The van der Waals surface area contributed by atoms with Crippen LogP contribution in [0.2, 0.25) is 0 Å². The Morgan fingerprint density at radius 2 is 1.77 bits per heavy atom. The van der Waals surface area contributed by atoms with E-state index in [0.29, 0.717) is 0 Å². The molecule has 1 fully saturated rings. The van der Waals surface area contributed by atoms with Crippen LogP contribution in [-0.2, 0) is 13.0 Å². The van der Waals surface area contributed by atoms with Crippen molar-refractivity contribution in [1.82, 2.24) is 4.90 Å². The molecule has 0 radical (unpaired) electrons. The van der Waals surface area contributed by atoms with Gasteiger partial charge in [0.2, 0.25) is 0 Å². The van der Waals surface area contributed by atoms with Crippen LogP contribution in [0.5, 0.6) is 17.2 Å². The van der Waals surface area contributed by atoms with Crippen molar-refractivity contribution in [3.63, 3.8) is 0 Å². The number of hydrogen-bond acceptors (Lipinski definition) is 6. The summed E-state index contributed by atoms with van der Waals surface area (Å²) in [5.41, 5.74) is 4.78. The topological polar surface area (TPSA) is 62.2 Å². The average molecular weight is 490 g/mol. The van der Waals surface area contributed by atoms with Crippen LogP contribution in [0, 0.1) is 0 Å². The summed E-state index contributed by atoms with van der Waals surface area (Å²) in [7, 11) is 1.75. The number of aliphatic hydroxyl groups excluding tert-OH is 1. The number of rotatable bonds is 9. The normalized spacial score (nSPS) is 14.0. The molecule has 6 heteroatoms. The van der Waals surface area contributed by atoms with Gasteiger partial charge < -0.3 is 19.7 Å². The first-order valence-electron chi connectivity index (χ1n) is 12.1. The van der Waals surface area contributed by atoms with Gasteiger partial charge in [-0.05, 0) is 103 Å². The minimum Gasteiger partial charge on any atom is -0.508 e. The van der Waals surface area contributed by atoms with Crippen LogP contribution >= 0.6 is 11.3 Å². The third-order valence-corrected chi connectivity index (χ3v) is 7.82. The third-order valence-electron chi connectivity index (χ3n) is 6.58. The number of benzene rings is 3. The van der Waals surface area contributed by atoms with Crippen molar-refractivity contribution >= 4 is 21.4 Å². The van der Waals surface area contributed by atoms with Crippen LogP contribution < -0.4 is 9.47 Å². The number of phenols is 1. The molecule has 0 unspecified atom stereocenters. The smallest absolute Gasteiger partial charge is 0.123 e. The SMILES string of the molecule is COc1cc(Cc2c(-c3ccc(OCCO)cc3)sc3cc(O)ccc23)ccc1CN1CCCC1. The Hall–Kier alpha value is -3.06. The van der Waals surface area contributed by atoms with Crippen molar-refractivity contribution in [1.29, 1.82) is 0 Å². The minimum atomic E-state index is -0.00795. The van der Waals surface area contributed by atoms with Crippen LogP contribution in [0.3, 0.4) is 0 Å². The van der Waals surface area contributed by atoms with Gasteiger partial charge in [0.1, 0.15) is 23.9 Å². The van der Waals surface area contributed by atoms with Crippen LogP contribution in [0.4, 0.5) is 0 Å². The lowest BCUT2D eigenvalue weighted by Gasteiger charge is -2.18. The highest BCUT2D eigenvalue weighted by Gasteiger charge is 2.18. The van der Waals surface area contributed by atoms with E-state index in [1.807, 2.05) is 24.3 Å². The fourth-order valence-electron chi connectivity index (χ4n) is 4.83. The highest BCUT2D eigenvalue weighted by molar-refractivity contribution is 7.22. The van der Waals surface area contributed by atoms with Gasteiger partial charge in [0.25, 0.3) is 0 Å². The predicted octanol–water partition coefficient (Wildman–Crippen LogP) is 5.84. The Labute approximate surface area is 210 Å². The molecule has 0 bridgehead atoms. The van der Waals surface area contributed by atoms with E-state index in [9.17, 15) is 5.11 Å². The molecule has 5 nitrogen and oxygen atoms in total. The molecular weight excluding hydrogens is 458 g/mol. The van der Waals surface area contributed by atoms with Crippen molar-refractivity contribution in [2.24, 2.45) is 0 Å². The van der Waals surface area contributed by atoms with Gasteiger partial charge in [-0.25, -0.2) is 0 Å². The summed E-state index contributed by atoms with van der Waals surface area (Å²) in [6, 6.07) is 20.2. The van der Waals surface area contributed by atoms with Gasteiger partial charge in [0.15, 0.2) is 0 Å². The van der Waals surface area contributed by atoms with Gasteiger partial charge in [-0.3, -0.25) is 4.90 Å². The summed E-state index contributed by atoms with van der Waals surface area (Å²) in [5.74, 6) is 1.96. The molecule has 0 amide bonds. The molecule has 182 valence electrons. The summed E-state index contributed by atoms with van der Waals surface area (Å²) >= 11 is 1.69. The zero-order valence-electron chi connectivity index (χ0n) is 20.0. The summed E-state index contributed by atoms with van der Waals surface area (Å²) in [5, 5.41) is 20.2. The molecule has 0 atom stereocenters. The average Bonchev–Trinajstić information content (AvgIpc) is 3.51. The number of nitrogens with zero attached hydrogens (tertiary/aromatic N) is 1. The molecule has 0 saturated carbocycles. The predicted molar refractivity (Wildman–Crippen MR) is 142 cm³/mol. The standard InChI is InChI=1S/C29H31NO4S/c1-33-27-17-20(4-5-22(27)19-30-12-2-3-13-30)16-26-25-11-8-23(32)18-28(25)35-29(26)21-6-9-24(10-7-21)34-15-14-31/h4-11,17-18,31-32H,2-3,12-16,19H2,1H3. The fourth-order valence-corrected chi connectivity index (χ4v) is 6.09. The van der Waals surface area contributed by atoms with E-state index in [0.717, 1.165) is 53.2 Å². The van der Waals surface area contributed by atoms with E-state index >= 15 is 0 Å². The molecule has 35 heavy (non-hydrogen) atoms. The maximum atomic E-state index is 10.1. The summed E-state index contributed by atoms with van der Waals surface area (Å²) < 4.78 is 12.4. The second kappa shape index (κ2) is 10.7. The second-order valence-electron chi connectivity index (χ2n) is 8.99. The van der Waals surface area contributed by atoms with Gasteiger partial charge in [-0.1, -0.05) is 12.1 Å². The number of ether oxygens (including phenoxy) is 2. The van der Waals surface area contributed by atoms with Crippen molar-refractivity contribution in [3.8, 4) is 27.7 Å². The molecule has 2 N–H and O–H groups in total. The lowest BCUT2D eigenvalue weighted by molar-refractivity contribution is 0.201. The van der Waals surface area contributed by atoms with E-state index in [2.05, 4.69) is 35.2 Å². The van der Waals surface area contributed by atoms with Crippen molar-refractivity contribution in [3.05, 3.63) is 77.4 Å². The number of methoxy groups -OCH3 is 1. The van der Waals surface area contributed by atoms with E-state index in [-0.39, 0.29) is 19.0 Å². The summed E-state index contributed by atoms with van der Waals surface area (Å²) in [4.78, 5) is 3.67. The zero-order chi connectivity index (χ0) is 24.2. The highest BCUT2D eigenvalue weighted by Crippen LogP contribution is 2.42. The number of aliphatic hydroxyl groups is 1. The molecular formula is C29H31NO4S. The Balaban J connectivity index is 1.48. The Morgan fingerprint density at radius 3 is 2.51 bits per heavy atom. The number of hydrogen-bond donors (Lipinski definition) is 2. The molecule has 1 aliphatic rings. The van der Waals surface area contributed by atoms with Crippen molar-refractivity contribution < 1.29 is 19.7 Å². The van der Waals surface area contributed by atoms with Gasteiger partial charge in [-0.2, -0.15) is 0 Å². The number of phenolic OH excluding ortho intramolecular Hbond substituents is 1. The van der Waals surface area contributed by atoms with E-state index in [1.54, 1.807) is 24.5 Å². The van der Waals surface area contributed by atoms with Crippen molar-refractivity contribution in [2.45, 2.75) is 25.8 Å². The zero-order valence-corrected chi connectivity index (χ0v) is 20.8. The van der Waals surface area contributed by atoms with Gasteiger partial charge in [-0.15, -0.1) is 11.3 Å². The minimum absolute atomic E-state index is 0.00795. The highest BCUT2D eigenvalue weighted by atomic mass is 32.1. The first kappa shape index (κ1) is 23.7. The number of aromatic hydroxyl groups is 1. The third kappa shape index (κ3) is 5.30.